The molecule has 0 unspecified atom stereocenters. The van der Waals surface area contributed by atoms with Crippen molar-refractivity contribution in [1.82, 2.24) is 0 Å². The Morgan fingerprint density at radius 2 is 1.95 bits per heavy atom. The molecule has 1 amide bonds. The number of halogens is 1. The van der Waals surface area contributed by atoms with Crippen molar-refractivity contribution in [3.63, 3.8) is 0 Å². The summed E-state index contributed by atoms with van der Waals surface area (Å²) in [6.45, 7) is 0. The molecule has 0 bridgehead atoms. The van der Waals surface area contributed by atoms with Crippen molar-refractivity contribution in [2.75, 3.05) is 5.32 Å². The Morgan fingerprint density at radius 3 is 2.63 bits per heavy atom. The first-order valence-corrected chi connectivity index (χ1v) is 5.79. The number of nitrogens with zero attached hydrogens (tertiary/aromatic N) is 3. The molecular formula is C13H9ClN4O. The second-order valence-corrected chi connectivity index (χ2v) is 4.14. The SMILES string of the molecule is [N-]=[N+]=Nc1cccc(NC(=O)c2ccc(Cl)cc2)c1. The predicted molar refractivity (Wildman–Crippen MR) is 74.7 cm³/mol. The fraction of sp³-hybridized carbons (Fsp3) is 0. The highest BCUT2D eigenvalue weighted by Gasteiger charge is 2.05. The zero-order valence-electron chi connectivity index (χ0n) is 9.75. The van der Waals surface area contributed by atoms with E-state index < -0.39 is 0 Å². The van der Waals surface area contributed by atoms with Gasteiger partial charge >= 0.3 is 0 Å². The van der Waals surface area contributed by atoms with Crippen LogP contribution in [0.2, 0.25) is 5.02 Å². The summed E-state index contributed by atoms with van der Waals surface area (Å²) in [7, 11) is 0. The van der Waals surface area contributed by atoms with Gasteiger partial charge in [0.15, 0.2) is 0 Å². The van der Waals surface area contributed by atoms with Gasteiger partial charge in [0.05, 0.1) is 0 Å². The lowest BCUT2D eigenvalue weighted by molar-refractivity contribution is 0.102. The molecule has 2 rings (SSSR count). The van der Waals surface area contributed by atoms with Gasteiger partial charge in [-0.1, -0.05) is 28.8 Å². The van der Waals surface area contributed by atoms with Gasteiger partial charge < -0.3 is 5.32 Å². The van der Waals surface area contributed by atoms with E-state index in [4.69, 9.17) is 17.1 Å². The van der Waals surface area contributed by atoms with Gasteiger partial charge in [0, 0.05) is 26.9 Å². The maximum atomic E-state index is 11.9. The van der Waals surface area contributed by atoms with Gasteiger partial charge in [0.1, 0.15) is 0 Å². The number of rotatable bonds is 3. The molecule has 0 aliphatic heterocycles. The number of carbonyl (C=O) groups excluding carboxylic acids is 1. The molecule has 0 aliphatic rings. The summed E-state index contributed by atoms with van der Waals surface area (Å²) in [4.78, 5) is 14.6. The number of hydrogen-bond donors (Lipinski definition) is 1. The molecule has 0 saturated carbocycles. The molecule has 5 nitrogen and oxygen atoms in total. The summed E-state index contributed by atoms with van der Waals surface area (Å²) >= 11 is 5.75. The van der Waals surface area contributed by atoms with Gasteiger partial charge in [-0.25, -0.2) is 0 Å². The standard InChI is InChI=1S/C13H9ClN4O/c14-10-6-4-9(5-7-10)13(19)16-11-2-1-3-12(8-11)17-18-15/h1-8H,(H,16,19). The highest BCUT2D eigenvalue weighted by molar-refractivity contribution is 6.30. The largest absolute Gasteiger partial charge is 0.322 e. The van der Waals surface area contributed by atoms with Gasteiger partial charge in [-0.2, -0.15) is 0 Å². The zero-order chi connectivity index (χ0) is 13.7. The minimum Gasteiger partial charge on any atom is -0.322 e. The van der Waals surface area contributed by atoms with Gasteiger partial charge in [-0.3, -0.25) is 4.79 Å². The molecule has 2 aromatic rings. The third-order valence-corrected chi connectivity index (χ3v) is 2.62. The molecule has 0 heterocycles. The molecule has 0 saturated heterocycles. The van der Waals surface area contributed by atoms with E-state index in [0.717, 1.165) is 0 Å². The molecule has 0 aromatic heterocycles. The summed E-state index contributed by atoms with van der Waals surface area (Å²) in [5.41, 5.74) is 9.85. The van der Waals surface area contributed by atoms with Gasteiger partial charge in [0.25, 0.3) is 5.91 Å². The van der Waals surface area contributed by atoms with Crippen molar-refractivity contribution >= 4 is 28.9 Å². The van der Waals surface area contributed by atoms with Crippen LogP contribution in [0.25, 0.3) is 10.4 Å². The molecular weight excluding hydrogens is 264 g/mol. The lowest BCUT2D eigenvalue weighted by Crippen LogP contribution is -2.11. The molecule has 0 radical (unpaired) electrons. The molecule has 0 fully saturated rings. The molecule has 94 valence electrons. The second-order valence-electron chi connectivity index (χ2n) is 3.70. The average molecular weight is 273 g/mol. The fourth-order valence-electron chi connectivity index (χ4n) is 1.50. The van der Waals surface area contributed by atoms with E-state index in [1.807, 2.05) is 0 Å². The number of nitrogens with one attached hydrogen (secondary N) is 1. The van der Waals surface area contributed by atoms with E-state index in [-0.39, 0.29) is 5.91 Å². The Labute approximate surface area is 114 Å². The van der Waals surface area contributed by atoms with E-state index in [1.165, 1.54) is 0 Å². The Bertz CT molecular complexity index is 648. The first-order chi connectivity index (χ1) is 9.19. The molecule has 19 heavy (non-hydrogen) atoms. The highest BCUT2D eigenvalue weighted by Crippen LogP contribution is 2.19. The van der Waals surface area contributed by atoms with Crippen LogP contribution in [-0.4, -0.2) is 5.91 Å². The maximum absolute atomic E-state index is 11.9. The number of carbonyl (C=O) groups is 1. The summed E-state index contributed by atoms with van der Waals surface area (Å²) < 4.78 is 0. The topological polar surface area (TPSA) is 77.9 Å². The van der Waals surface area contributed by atoms with Gasteiger partial charge in [0.2, 0.25) is 0 Å². The van der Waals surface area contributed by atoms with Crippen LogP contribution in [0.4, 0.5) is 11.4 Å². The van der Waals surface area contributed by atoms with Crippen molar-refractivity contribution in [3.8, 4) is 0 Å². The van der Waals surface area contributed by atoms with Crippen molar-refractivity contribution in [3.05, 3.63) is 69.6 Å². The van der Waals surface area contributed by atoms with E-state index >= 15 is 0 Å². The summed E-state index contributed by atoms with van der Waals surface area (Å²) in [6.07, 6.45) is 0. The summed E-state index contributed by atoms with van der Waals surface area (Å²) in [6, 6.07) is 13.2. The van der Waals surface area contributed by atoms with Crippen molar-refractivity contribution in [2.24, 2.45) is 5.11 Å². The van der Waals surface area contributed by atoms with Crippen LogP contribution in [-0.2, 0) is 0 Å². The van der Waals surface area contributed by atoms with Crippen LogP contribution in [0.3, 0.4) is 0 Å². The Kier molecular flexibility index (Phi) is 4.03. The fourth-order valence-corrected chi connectivity index (χ4v) is 1.63. The smallest absolute Gasteiger partial charge is 0.255 e. The highest BCUT2D eigenvalue weighted by atomic mass is 35.5. The summed E-state index contributed by atoms with van der Waals surface area (Å²) in [5, 5.41) is 6.75. The minimum absolute atomic E-state index is 0.255. The Hall–Kier alpha value is -2.49. The minimum atomic E-state index is -0.255. The van der Waals surface area contributed by atoms with Crippen LogP contribution in [0.5, 0.6) is 0 Å². The van der Waals surface area contributed by atoms with E-state index in [1.54, 1.807) is 48.5 Å². The number of amides is 1. The van der Waals surface area contributed by atoms with E-state index in [2.05, 4.69) is 15.3 Å². The maximum Gasteiger partial charge on any atom is 0.255 e. The van der Waals surface area contributed by atoms with Crippen molar-refractivity contribution in [1.29, 1.82) is 0 Å². The monoisotopic (exact) mass is 272 g/mol. The summed E-state index contributed by atoms with van der Waals surface area (Å²) in [5.74, 6) is -0.255. The lowest BCUT2D eigenvalue weighted by Gasteiger charge is -2.05. The molecule has 6 heteroatoms. The molecule has 1 N–H and O–H groups in total. The van der Waals surface area contributed by atoms with Gasteiger partial charge in [-0.15, -0.1) is 0 Å². The average Bonchev–Trinajstić information content (AvgIpc) is 2.40. The van der Waals surface area contributed by atoms with Crippen LogP contribution < -0.4 is 5.32 Å². The molecule has 0 aliphatic carbocycles. The van der Waals surface area contributed by atoms with E-state index in [0.29, 0.717) is 22.0 Å². The number of azide groups is 1. The predicted octanol–water partition coefficient (Wildman–Crippen LogP) is 4.53. The van der Waals surface area contributed by atoms with Crippen molar-refractivity contribution < 1.29 is 4.79 Å². The van der Waals surface area contributed by atoms with Crippen LogP contribution in [0.1, 0.15) is 10.4 Å². The first-order valence-electron chi connectivity index (χ1n) is 5.41. The number of benzene rings is 2. The van der Waals surface area contributed by atoms with Gasteiger partial charge in [-0.05, 0) is 41.9 Å². The number of hydrogen-bond acceptors (Lipinski definition) is 2. The Balaban J connectivity index is 2.16. The molecule has 0 atom stereocenters. The first kappa shape index (κ1) is 13.0. The van der Waals surface area contributed by atoms with E-state index in [9.17, 15) is 4.79 Å². The van der Waals surface area contributed by atoms with Crippen LogP contribution >= 0.6 is 11.6 Å². The second kappa shape index (κ2) is 5.91. The van der Waals surface area contributed by atoms with Crippen LogP contribution in [0.15, 0.2) is 53.6 Å². The third kappa shape index (κ3) is 3.48. The molecule has 0 spiro atoms. The zero-order valence-corrected chi connectivity index (χ0v) is 10.5. The van der Waals surface area contributed by atoms with Crippen molar-refractivity contribution in [2.45, 2.75) is 0 Å². The van der Waals surface area contributed by atoms with Crippen LogP contribution in [0, 0.1) is 0 Å². The Morgan fingerprint density at radius 1 is 1.21 bits per heavy atom. The normalized spacial score (nSPS) is 9.53. The molecule has 2 aromatic carbocycles. The quantitative estimate of drug-likeness (QED) is 0.497. The third-order valence-electron chi connectivity index (χ3n) is 2.37. The lowest BCUT2D eigenvalue weighted by atomic mass is 10.2. The number of anilines is 1.